The van der Waals surface area contributed by atoms with E-state index in [4.69, 9.17) is 9.47 Å². The quantitative estimate of drug-likeness (QED) is 0.342. The van der Waals surface area contributed by atoms with Crippen LogP contribution in [0.3, 0.4) is 0 Å². The lowest BCUT2D eigenvalue weighted by atomic mass is 10.1. The lowest BCUT2D eigenvalue weighted by Gasteiger charge is -2.22. The number of benzene rings is 3. The molecule has 0 bridgehead atoms. The molecule has 0 saturated carbocycles. The van der Waals surface area contributed by atoms with E-state index in [1.54, 1.807) is 24.3 Å². The van der Waals surface area contributed by atoms with Crippen LogP contribution in [0.2, 0.25) is 0 Å². The number of likely N-dealkylation sites (N-methyl/N-ethyl adjacent to an activating group) is 2. The second-order valence-electron chi connectivity index (χ2n) is 8.71. The van der Waals surface area contributed by atoms with Gasteiger partial charge in [0.1, 0.15) is 12.2 Å². The molecular formula is C28H36Cl2N2O5. The fourth-order valence-electron chi connectivity index (χ4n) is 3.56. The van der Waals surface area contributed by atoms with Gasteiger partial charge < -0.3 is 24.7 Å². The van der Waals surface area contributed by atoms with Gasteiger partial charge in [-0.2, -0.15) is 0 Å². The van der Waals surface area contributed by atoms with E-state index in [0.29, 0.717) is 24.2 Å². The van der Waals surface area contributed by atoms with E-state index in [1.165, 1.54) is 0 Å². The van der Waals surface area contributed by atoms with E-state index in [2.05, 4.69) is 0 Å². The van der Waals surface area contributed by atoms with Crippen molar-refractivity contribution in [2.45, 2.75) is 12.2 Å². The van der Waals surface area contributed by atoms with Crippen LogP contribution in [-0.4, -0.2) is 68.5 Å². The average molecular weight is 552 g/mol. The van der Waals surface area contributed by atoms with Crippen molar-refractivity contribution in [2.75, 3.05) is 41.3 Å². The van der Waals surface area contributed by atoms with Gasteiger partial charge in [-0.3, -0.25) is 0 Å². The van der Waals surface area contributed by atoms with Gasteiger partial charge in [0.25, 0.3) is 0 Å². The van der Waals surface area contributed by atoms with Crippen molar-refractivity contribution < 1.29 is 24.5 Å². The number of halogens is 2. The van der Waals surface area contributed by atoms with Crippen LogP contribution in [-0.2, 0) is 9.47 Å². The minimum Gasteiger partial charge on any atom is -0.453 e. The Morgan fingerprint density at radius 2 is 0.892 bits per heavy atom. The maximum atomic E-state index is 12.8. The molecule has 2 atom stereocenters. The molecule has 0 amide bonds. The van der Waals surface area contributed by atoms with Crippen LogP contribution in [0.4, 0.5) is 0 Å². The van der Waals surface area contributed by atoms with Crippen molar-refractivity contribution in [1.29, 1.82) is 0 Å². The number of rotatable bonds is 10. The highest BCUT2D eigenvalue weighted by Crippen LogP contribution is 2.22. The van der Waals surface area contributed by atoms with Crippen LogP contribution in [0.25, 0.3) is 0 Å². The SMILES string of the molecule is CN(C)CC(OC(=O)c1ccc(C(=O)OC(CN(C)C)c2ccccc2)cc1)c1ccccc1.Cl.Cl.O. The zero-order chi connectivity index (χ0) is 24.5. The molecule has 3 aromatic rings. The fourth-order valence-corrected chi connectivity index (χ4v) is 3.56. The summed E-state index contributed by atoms with van der Waals surface area (Å²) >= 11 is 0. The maximum absolute atomic E-state index is 12.8. The van der Waals surface area contributed by atoms with Gasteiger partial charge in [-0.1, -0.05) is 60.7 Å². The van der Waals surface area contributed by atoms with Gasteiger partial charge in [-0.15, -0.1) is 24.8 Å². The second-order valence-corrected chi connectivity index (χ2v) is 8.71. The molecule has 0 aliphatic heterocycles. The van der Waals surface area contributed by atoms with Gasteiger partial charge in [-0.05, 0) is 63.6 Å². The molecule has 0 aliphatic carbocycles. The van der Waals surface area contributed by atoms with Crippen molar-refractivity contribution in [3.8, 4) is 0 Å². The van der Waals surface area contributed by atoms with E-state index in [1.807, 2.05) is 98.7 Å². The summed E-state index contributed by atoms with van der Waals surface area (Å²) in [6, 6.07) is 25.7. The topological polar surface area (TPSA) is 90.6 Å². The largest absolute Gasteiger partial charge is 0.453 e. The molecule has 2 unspecified atom stereocenters. The van der Waals surface area contributed by atoms with Crippen LogP contribution in [0.15, 0.2) is 84.9 Å². The van der Waals surface area contributed by atoms with Crippen molar-refractivity contribution >= 4 is 36.8 Å². The molecule has 2 N–H and O–H groups in total. The molecule has 0 saturated heterocycles. The summed E-state index contributed by atoms with van der Waals surface area (Å²) in [7, 11) is 7.73. The molecule has 202 valence electrons. The summed E-state index contributed by atoms with van der Waals surface area (Å²) in [5.74, 6) is -0.879. The number of nitrogens with zero attached hydrogens (tertiary/aromatic N) is 2. The van der Waals surface area contributed by atoms with E-state index >= 15 is 0 Å². The number of hydrogen-bond donors (Lipinski definition) is 0. The fraction of sp³-hybridized carbons (Fsp3) is 0.286. The summed E-state index contributed by atoms with van der Waals surface area (Å²) < 4.78 is 11.6. The van der Waals surface area contributed by atoms with Crippen LogP contribution in [0.5, 0.6) is 0 Å². The molecule has 9 heteroatoms. The van der Waals surface area contributed by atoms with E-state index < -0.39 is 24.1 Å². The summed E-state index contributed by atoms with van der Waals surface area (Å²) in [4.78, 5) is 29.6. The Bertz CT molecular complexity index is 978. The third-order valence-corrected chi connectivity index (χ3v) is 5.26. The second kappa shape index (κ2) is 16.7. The van der Waals surface area contributed by atoms with Gasteiger partial charge in [0.2, 0.25) is 0 Å². The molecule has 37 heavy (non-hydrogen) atoms. The summed E-state index contributed by atoms with van der Waals surface area (Å²) in [6.45, 7) is 1.12. The minimum atomic E-state index is -0.439. The van der Waals surface area contributed by atoms with E-state index in [0.717, 1.165) is 11.1 Å². The summed E-state index contributed by atoms with van der Waals surface area (Å²) in [5.41, 5.74) is 2.61. The van der Waals surface area contributed by atoms with Crippen LogP contribution in [0, 0.1) is 0 Å². The molecular weight excluding hydrogens is 515 g/mol. The molecule has 0 spiro atoms. The van der Waals surface area contributed by atoms with Crippen LogP contribution in [0.1, 0.15) is 44.1 Å². The average Bonchev–Trinajstić information content (AvgIpc) is 2.84. The molecule has 0 heterocycles. The molecule has 3 rings (SSSR count). The Morgan fingerprint density at radius 1 is 0.595 bits per heavy atom. The zero-order valence-electron chi connectivity index (χ0n) is 21.5. The lowest BCUT2D eigenvalue weighted by molar-refractivity contribution is 0.0222. The zero-order valence-corrected chi connectivity index (χ0v) is 23.1. The van der Waals surface area contributed by atoms with Crippen molar-refractivity contribution in [2.24, 2.45) is 0 Å². The van der Waals surface area contributed by atoms with Gasteiger partial charge in [0.15, 0.2) is 0 Å². The number of ether oxygens (including phenoxy) is 2. The first kappa shape index (κ1) is 34.1. The highest BCUT2D eigenvalue weighted by atomic mass is 35.5. The molecule has 0 radical (unpaired) electrons. The Balaban J connectivity index is 0.00000432. The standard InChI is InChI=1S/C28H32N2O4.2ClH.H2O/c1-29(2)19-25(21-11-7-5-8-12-21)33-27(31)23-15-17-24(18-16-23)28(32)34-26(20-30(3)4)22-13-9-6-10-14-22;;;/h5-18,25-26H,19-20H2,1-4H3;2*1H;1H2. The highest BCUT2D eigenvalue weighted by molar-refractivity contribution is 5.93. The van der Waals surface area contributed by atoms with Crippen molar-refractivity contribution in [3.05, 3.63) is 107 Å². The lowest BCUT2D eigenvalue weighted by Crippen LogP contribution is -2.25. The third kappa shape index (κ3) is 10.5. The van der Waals surface area contributed by atoms with Crippen LogP contribution < -0.4 is 0 Å². The maximum Gasteiger partial charge on any atom is 0.338 e. The normalized spacial score (nSPS) is 11.8. The Hall–Kier alpha value is -2.94. The number of hydrogen-bond acceptors (Lipinski definition) is 6. The molecule has 0 aromatic heterocycles. The minimum absolute atomic E-state index is 0. The smallest absolute Gasteiger partial charge is 0.338 e. The van der Waals surface area contributed by atoms with Crippen LogP contribution >= 0.6 is 24.8 Å². The van der Waals surface area contributed by atoms with Gasteiger partial charge >= 0.3 is 11.9 Å². The Morgan fingerprint density at radius 3 is 1.16 bits per heavy atom. The monoisotopic (exact) mass is 550 g/mol. The molecule has 3 aromatic carbocycles. The third-order valence-electron chi connectivity index (χ3n) is 5.26. The van der Waals surface area contributed by atoms with Crippen molar-refractivity contribution in [1.82, 2.24) is 9.80 Å². The van der Waals surface area contributed by atoms with E-state index in [-0.39, 0.29) is 30.3 Å². The summed E-state index contributed by atoms with van der Waals surface area (Å²) in [5, 5.41) is 0. The van der Waals surface area contributed by atoms with Gasteiger partial charge in [-0.25, -0.2) is 9.59 Å². The number of carbonyl (C=O) groups excluding carboxylic acids is 2. The predicted molar refractivity (Wildman–Crippen MR) is 151 cm³/mol. The predicted octanol–water partition coefficient (Wildman–Crippen LogP) is 4.62. The molecule has 0 fully saturated rings. The summed E-state index contributed by atoms with van der Waals surface area (Å²) in [6.07, 6.45) is -0.794. The molecule has 0 aliphatic rings. The Labute approximate surface area is 231 Å². The number of esters is 2. The first-order valence-electron chi connectivity index (χ1n) is 11.2. The molecule has 7 nitrogen and oxygen atoms in total. The van der Waals surface area contributed by atoms with Crippen molar-refractivity contribution in [3.63, 3.8) is 0 Å². The van der Waals surface area contributed by atoms with Gasteiger partial charge in [0.05, 0.1) is 11.1 Å². The first-order chi connectivity index (χ1) is 16.3. The van der Waals surface area contributed by atoms with Gasteiger partial charge in [0, 0.05) is 13.1 Å². The van der Waals surface area contributed by atoms with E-state index in [9.17, 15) is 9.59 Å². The first-order valence-corrected chi connectivity index (χ1v) is 11.2. The Kier molecular flexibility index (Phi) is 15.4. The highest BCUT2D eigenvalue weighted by Gasteiger charge is 2.21. The number of carbonyl (C=O) groups is 2.